The molecule has 1 aromatic heterocycles. The molecule has 1 aromatic carbocycles. The monoisotopic (exact) mass is 340 g/mol. The molecule has 0 bridgehead atoms. The molecule has 5 nitrogen and oxygen atoms in total. The fourth-order valence-electron chi connectivity index (χ4n) is 2.88. The van der Waals surface area contributed by atoms with Crippen LogP contribution in [0.5, 0.6) is 5.75 Å². The van der Waals surface area contributed by atoms with E-state index >= 15 is 0 Å². The zero-order valence-electron chi connectivity index (χ0n) is 14.6. The predicted molar refractivity (Wildman–Crippen MR) is 96.3 cm³/mol. The number of carbonyl (C=O) groups excluding carboxylic acids is 1. The summed E-state index contributed by atoms with van der Waals surface area (Å²) in [6.07, 6.45) is 8.56. The molecule has 0 unspecified atom stereocenters. The van der Waals surface area contributed by atoms with Gasteiger partial charge < -0.3 is 14.6 Å². The maximum absolute atomic E-state index is 12.0. The summed E-state index contributed by atoms with van der Waals surface area (Å²) in [7, 11) is 0. The lowest BCUT2D eigenvalue weighted by atomic mass is 9.96. The van der Waals surface area contributed by atoms with Crippen molar-refractivity contribution < 1.29 is 14.1 Å². The molecule has 1 N–H and O–H groups in total. The Morgan fingerprint density at radius 3 is 2.88 bits per heavy atom. The summed E-state index contributed by atoms with van der Waals surface area (Å²) >= 11 is 0. The zero-order chi connectivity index (χ0) is 17.5. The number of carbonyl (C=O) groups is 1. The molecule has 1 heterocycles. The van der Waals surface area contributed by atoms with E-state index in [0.29, 0.717) is 13.2 Å². The van der Waals surface area contributed by atoms with Gasteiger partial charge in [-0.1, -0.05) is 24.2 Å². The summed E-state index contributed by atoms with van der Waals surface area (Å²) in [6.45, 7) is 3.19. The Hall–Kier alpha value is -2.56. The van der Waals surface area contributed by atoms with Crippen LogP contribution in [-0.4, -0.2) is 17.7 Å². The lowest BCUT2D eigenvalue weighted by Gasteiger charge is -2.09. The molecule has 1 aliphatic rings. The second-order valence-corrected chi connectivity index (χ2v) is 6.21. The van der Waals surface area contributed by atoms with Gasteiger partial charge in [0.25, 0.3) is 0 Å². The molecule has 0 aliphatic heterocycles. The highest BCUT2D eigenvalue weighted by Gasteiger charge is 2.19. The van der Waals surface area contributed by atoms with Gasteiger partial charge in [-0.25, -0.2) is 0 Å². The van der Waals surface area contributed by atoms with Gasteiger partial charge in [0.15, 0.2) is 0 Å². The van der Waals surface area contributed by atoms with Crippen LogP contribution >= 0.6 is 0 Å². The van der Waals surface area contributed by atoms with Crippen LogP contribution in [0.25, 0.3) is 6.08 Å². The van der Waals surface area contributed by atoms with Crippen LogP contribution in [-0.2, 0) is 24.2 Å². The van der Waals surface area contributed by atoms with Crippen LogP contribution in [0.2, 0.25) is 0 Å². The standard InChI is InChI=1S/C20H24N2O3/c1-2-13-24-16-10-7-15(8-11-16)9-12-20(23)21-14-18-17-5-3-4-6-19(17)25-22-18/h7-12H,2-6,13-14H2,1H3,(H,21,23)/b12-9+. The Morgan fingerprint density at radius 1 is 1.28 bits per heavy atom. The van der Waals surface area contributed by atoms with E-state index in [9.17, 15) is 4.79 Å². The molecular weight excluding hydrogens is 316 g/mol. The Labute approximate surface area is 148 Å². The van der Waals surface area contributed by atoms with Crippen LogP contribution in [0, 0.1) is 0 Å². The minimum atomic E-state index is -0.140. The zero-order valence-corrected chi connectivity index (χ0v) is 14.6. The number of aromatic nitrogens is 1. The summed E-state index contributed by atoms with van der Waals surface area (Å²) in [6, 6.07) is 7.69. The molecule has 5 heteroatoms. The highest BCUT2D eigenvalue weighted by molar-refractivity contribution is 5.91. The molecular formula is C20H24N2O3. The van der Waals surface area contributed by atoms with Gasteiger partial charge in [0.05, 0.1) is 13.2 Å². The number of hydrogen-bond acceptors (Lipinski definition) is 4. The summed E-state index contributed by atoms with van der Waals surface area (Å²) in [5.74, 6) is 1.69. The largest absolute Gasteiger partial charge is 0.494 e. The van der Waals surface area contributed by atoms with E-state index in [-0.39, 0.29) is 5.91 Å². The highest BCUT2D eigenvalue weighted by Crippen LogP contribution is 2.24. The van der Waals surface area contributed by atoms with Crippen molar-refractivity contribution in [3.63, 3.8) is 0 Å². The van der Waals surface area contributed by atoms with Crippen LogP contribution in [0.15, 0.2) is 34.9 Å². The van der Waals surface area contributed by atoms with Crippen LogP contribution in [0.3, 0.4) is 0 Å². The first kappa shape index (κ1) is 17.3. The molecule has 0 fully saturated rings. The number of benzene rings is 1. The average molecular weight is 340 g/mol. The summed E-state index contributed by atoms with van der Waals surface area (Å²) < 4.78 is 10.9. The van der Waals surface area contributed by atoms with Gasteiger partial charge >= 0.3 is 0 Å². The molecule has 0 radical (unpaired) electrons. The van der Waals surface area contributed by atoms with Crippen molar-refractivity contribution in [3.05, 3.63) is 52.9 Å². The second kappa shape index (κ2) is 8.51. The average Bonchev–Trinajstić information content (AvgIpc) is 3.07. The lowest BCUT2D eigenvalue weighted by molar-refractivity contribution is -0.116. The number of aryl methyl sites for hydroxylation is 1. The second-order valence-electron chi connectivity index (χ2n) is 6.21. The normalized spacial score (nSPS) is 13.6. The van der Waals surface area contributed by atoms with E-state index in [1.807, 2.05) is 24.3 Å². The first-order valence-electron chi connectivity index (χ1n) is 8.91. The van der Waals surface area contributed by atoms with Crippen molar-refractivity contribution in [3.8, 4) is 5.75 Å². The molecule has 1 amide bonds. The Kier molecular flexibility index (Phi) is 5.88. The topological polar surface area (TPSA) is 64.4 Å². The maximum Gasteiger partial charge on any atom is 0.244 e. The summed E-state index contributed by atoms with van der Waals surface area (Å²) in [5, 5.41) is 6.97. The van der Waals surface area contributed by atoms with E-state index in [1.165, 1.54) is 11.6 Å². The molecule has 3 rings (SSSR count). The maximum atomic E-state index is 12.0. The molecule has 0 saturated carbocycles. The number of nitrogens with zero attached hydrogens (tertiary/aromatic N) is 1. The molecule has 132 valence electrons. The first-order chi connectivity index (χ1) is 12.3. The molecule has 25 heavy (non-hydrogen) atoms. The number of fused-ring (bicyclic) bond motifs is 1. The molecule has 1 aliphatic carbocycles. The summed E-state index contributed by atoms with van der Waals surface area (Å²) in [5.41, 5.74) is 2.99. The van der Waals surface area contributed by atoms with Gasteiger partial charge in [-0.3, -0.25) is 4.79 Å². The molecule has 0 atom stereocenters. The van der Waals surface area contributed by atoms with Crippen molar-refractivity contribution >= 4 is 12.0 Å². The molecule has 0 spiro atoms. The van der Waals surface area contributed by atoms with Crippen LogP contribution in [0.1, 0.15) is 48.8 Å². The molecule has 2 aromatic rings. The van der Waals surface area contributed by atoms with Gasteiger partial charge in [-0.15, -0.1) is 0 Å². The minimum absolute atomic E-state index is 0.140. The fourth-order valence-corrected chi connectivity index (χ4v) is 2.88. The van der Waals surface area contributed by atoms with Crippen molar-refractivity contribution in [2.45, 2.75) is 45.6 Å². The van der Waals surface area contributed by atoms with Gasteiger partial charge in [0.2, 0.25) is 5.91 Å². The third-order valence-corrected chi connectivity index (χ3v) is 4.24. The Balaban J connectivity index is 1.50. The first-order valence-corrected chi connectivity index (χ1v) is 8.91. The Bertz CT molecular complexity index is 732. The van der Waals surface area contributed by atoms with E-state index in [2.05, 4.69) is 17.4 Å². The fraction of sp³-hybridized carbons (Fsp3) is 0.400. The Morgan fingerprint density at radius 2 is 2.08 bits per heavy atom. The number of rotatable bonds is 7. The predicted octanol–water partition coefficient (Wildman–Crippen LogP) is 3.67. The van der Waals surface area contributed by atoms with E-state index in [4.69, 9.17) is 9.26 Å². The van der Waals surface area contributed by atoms with Gasteiger partial charge in [-0.05, 0) is 49.5 Å². The summed E-state index contributed by atoms with van der Waals surface area (Å²) in [4.78, 5) is 12.0. The number of nitrogens with one attached hydrogen (secondary N) is 1. The van der Waals surface area contributed by atoms with Crippen LogP contribution < -0.4 is 10.1 Å². The quantitative estimate of drug-likeness (QED) is 0.781. The van der Waals surface area contributed by atoms with Gasteiger partial charge in [0, 0.05) is 18.1 Å². The number of ether oxygens (including phenoxy) is 1. The van der Waals surface area contributed by atoms with Gasteiger partial charge in [-0.2, -0.15) is 0 Å². The van der Waals surface area contributed by atoms with Crippen molar-refractivity contribution in [2.24, 2.45) is 0 Å². The number of amides is 1. The van der Waals surface area contributed by atoms with E-state index in [0.717, 1.165) is 54.9 Å². The minimum Gasteiger partial charge on any atom is -0.494 e. The number of hydrogen-bond donors (Lipinski definition) is 1. The van der Waals surface area contributed by atoms with E-state index < -0.39 is 0 Å². The SMILES string of the molecule is CCCOc1ccc(/C=C/C(=O)NCc2noc3c2CCCC3)cc1. The van der Waals surface area contributed by atoms with Crippen molar-refractivity contribution in [1.82, 2.24) is 10.5 Å². The van der Waals surface area contributed by atoms with Crippen LogP contribution in [0.4, 0.5) is 0 Å². The third-order valence-electron chi connectivity index (χ3n) is 4.24. The van der Waals surface area contributed by atoms with Crippen molar-refractivity contribution in [2.75, 3.05) is 6.61 Å². The van der Waals surface area contributed by atoms with Gasteiger partial charge in [0.1, 0.15) is 17.2 Å². The smallest absolute Gasteiger partial charge is 0.244 e. The molecule has 0 saturated heterocycles. The lowest BCUT2D eigenvalue weighted by Crippen LogP contribution is -2.21. The van der Waals surface area contributed by atoms with Crippen molar-refractivity contribution in [1.29, 1.82) is 0 Å². The highest BCUT2D eigenvalue weighted by atomic mass is 16.5. The van der Waals surface area contributed by atoms with E-state index in [1.54, 1.807) is 6.08 Å². The third kappa shape index (κ3) is 4.72.